The molecular weight excluding hydrogens is 254 g/mol. The lowest BCUT2D eigenvalue weighted by atomic mass is 10.1. The van der Waals surface area contributed by atoms with Crippen LogP contribution in [0.1, 0.15) is 23.4 Å². The second-order valence-corrected chi connectivity index (χ2v) is 3.58. The lowest BCUT2D eigenvalue weighted by Gasteiger charge is -2.07. The molecule has 0 N–H and O–H groups in total. The Hall–Kier alpha value is -1.02. The standard InChI is InChI=1S/C9H7BrF2N2/c1-5-6(2-3-13)7(10)4-8(14-5)9(11)12/h4,9H,2H2,1H3. The van der Waals surface area contributed by atoms with Crippen LogP contribution >= 0.6 is 15.9 Å². The second-order valence-electron chi connectivity index (χ2n) is 2.73. The molecule has 0 saturated carbocycles. The average molecular weight is 261 g/mol. The summed E-state index contributed by atoms with van der Waals surface area (Å²) in [6.45, 7) is 1.61. The summed E-state index contributed by atoms with van der Waals surface area (Å²) in [5.74, 6) is 0. The van der Waals surface area contributed by atoms with Gasteiger partial charge in [-0.25, -0.2) is 8.78 Å². The zero-order valence-electron chi connectivity index (χ0n) is 7.39. The van der Waals surface area contributed by atoms with Crippen molar-refractivity contribution in [2.24, 2.45) is 0 Å². The highest BCUT2D eigenvalue weighted by Gasteiger charge is 2.13. The van der Waals surface area contributed by atoms with Gasteiger partial charge < -0.3 is 0 Å². The highest BCUT2D eigenvalue weighted by atomic mass is 79.9. The summed E-state index contributed by atoms with van der Waals surface area (Å²) in [7, 11) is 0. The third-order valence-electron chi connectivity index (χ3n) is 1.78. The molecule has 0 aromatic carbocycles. The van der Waals surface area contributed by atoms with E-state index in [-0.39, 0.29) is 12.1 Å². The number of rotatable bonds is 2. The van der Waals surface area contributed by atoms with Crippen LogP contribution in [0.25, 0.3) is 0 Å². The number of hydrogen-bond acceptors (Lipinski definition) is 2. The number of halogens is 3. The molecule has 1 rings (SSSR count). The SMILES string of the molecule is Cc1nc(C(F)F)cc(Br)c1CC#N. The number of aryl methyl sites for hydroxylation is 1. The molecular formula is C9H7BrF2N2. The Kier molecular flexibility index (Phi) is 3.53. The van der Waals surface area contributed by atoms with E-state index in [9.17, 15) is 8.78 Å². The third-order valence-corrected chi connectivity index (χ3v) is 2.48. The summed E-state index contributed by atoms with van der Waals surface area (Å²) < 4.78 is 25.1. The Bertz CT molecular complexity index is 362. The van der Waals surface area contributed by atoms with Gasteiger partial charge in [-0.15, -0.1) is 0 Å². The van der Waals surface area contributed by atoms with Crippen molar-refractivity contribution in [1.29, 1.82) is 5.26 Å². The van der Waals surface area contributed by atoms with Gasteiger partial charge in [-0.2, -0.15) is 5.26 Å². The molecule has 0 bridgehead atoms. The highest BCUT2D eigenvalue weighted by Crippen LogP contribution is 2.25. The molecule has 0 unspecified atom stereocenters. The monoisotopic (exact) mass is 260 g/mol. The first-order chi connectivity index (χ1) is 6.56. The van der Waals surface area contributed by atoms with Crippen LogP contribution in [-0.4, -0.2) is 4.98 Å². The molecule has 1 heterocycles. The van der Waals surface area contributed by atoms with Crippen molar-refractivity contribution in [3.05, 3.63) is 27.5 Å². The van der Waals surface area contributed by atoms with Crippen LogP contribution in [-0.2, 0) is 6.42 Å². The van der Waals surface area contributed by atoms with Crippen LogP contribution in [0.3, 0.4) is 0 Å². The van der Waals surface area contributed by atoms with Gasteiger partial charge >= 0.3 is 0 Å². The number of pyridine rings is 1. The number of hydrogen-bond donors (Lipinski definition) is 0. The molecule has 1 aromatic rings. The van der Waals surface area contributed by atoms with Crippen molar-refractivity contribution in [1.82, 2.24) is 4.98 Å². The zero-order valence-corrected chi connectivity index (χ0v) is 8.98. The fourth-order valence-electron chi connectivity index (χ4n) is 1.09. The summed E-state index contributed by atoms with van der Waals surface area (Å²) in [6, 6.07) is 3.21. The summed E-state index contributed by atoms with van der Waals surface area (Å²) in [5, 5.41) is 8.50. The first kappa shape index (κ1) is 11.1. The number of aromatic nitrogens is 1. The summed E-state index contributed by atoms with van der Waals surface area (Å²) in [5.41, 5.74) is 0.865. The summed E-state index contributed by atoms with van der Waals surface area (Å²) in [6.07, 6.45) is -2.41. The van der Waals surface area contributed by atoms with E-state index in [1.165, 1.54) is 6.07 Å². The highest BCUT2D eigenvalue weighted by molar-refractivity contribution is 9.10. The first-order valence-corrected chi connectivity index (χ1v) is 4.66. The van der Waals surface area contributed by atoms with Crippen molar-refractivity contribution in [3.63, 3.8) is 0 Å². The third kappa shape index (κ3) is 2.26. The predicted molar refractivity (Wildman–Crippen MR) is 50.9 cm³/mol. The minimum absolute atomic E-state index is 0.170. The van der Waals surface area contributed by atoms with Crippen LogP contribution in [0.4, 0.5) is 8.78 Å². The van der Waals surface area contributed by atoms with E-state index in [4.69, 9.17) is 5.26 Å². The molecule has 2 nitrogen and oxygen atoms in total. The van der Waals surface area contributed by atoms with Crippen molar-refractivity contribution < 1.29 is 8.78 Å². The Balaban J connectivity index is 3.19. The van der Waals surface area contributed by atoms with Crippen molar-refractivity contribution in [2.45, 2.75) is 19.8 Å². The number of nitrogens with zero attached hydrogens (tertiary/aromatic N) is 2. The van der Waals surface area contributed by atoms with Gasteiger partial charge in [0.1, 0.15) is 5.69 Å². The maximum absolute atomic E-state index is 12.3. The largest absolute Gasteiger partial charge is 0.280 e. The van der Waals surface area contributed by atoms with Crippen LogP contribution in [0.2, 0.25) is 0 Å². The van der Waals surface area contributed by atoms with E-state index >= 15 is 0 Å². The van der Waals surface area contributed by atoms with Crippen molar-refractivity contribution in [2.75, 3.05) is 0 Å². The molecule has 0 atom stereocenters. The van der Waals surface area contributed by atoms with Crippen LogP contribution in [0.15, 0.2) is 10.5 Å². The zero-order chi connectivity index (χ0) is 10.7. The lowest BCUT2D eigenvalue weighted by Crippen LogP contribution is -1.99. The average Bonchev–Trinajstić information content (AvgIpc) is 2.10. The lowest BCUT2D eigenvalue weighted by molar-refractivity contribution is 0.145. The Labute approximate surface area is 88.7 Å². The first-order valence-electron chi connectivity index (χ1n) is 3.87. The second kappa shape index (κ2) is 4.47. The quantitative estimate of drug-likeness (QED) is 0.819. The van der Waals surface area contributed by atoms with Crippen LogP contribution in [0.5, 0.6) is 0 Å². The van der Waals surface area contributed by atoms with Gasteiger partial charge in [0.05, 0.1) is 12.5 Å². The fraction of sp³-hybridized carbons (Fsp3) is 0.333. The van der Waals surface area contributed by atoms with Gasteiger partial charge in [0.2, 0.25) is 0 Å². The van der Waals surface area contributed by atoms with E-state index < -0.39 is 6.43 Å². The molecule has 0 saturated heterocycles. The van der Waals surface area contributed by atoms with Gasteiger partial charge in [0.25, 0.3) is 6.43 Å². The molecule has 0 aliphatic carbocycles. The molecule has 74 valence electrons. The van der Waals surface area contributed by atoms with Crippen LogP contribution in [0, 0.1) is 18.3 Å². The van der Waals surface area contributed by atoms with Crippen LogP contribution < -0.4 is 0 Å². The molecule has 0 aliphatic rings. The Morgan fingerprint density at radius 3 is 2.71 bits per heavy atom. The fourth-order valence-corrected chi connectivity index (χ4v) is 1.75. The molecule has 0 radical (unpaired) electrons. The van der Waals surface area contributed by atoms with E-state index in [1.54, 1.807) is 6.92 Å². The van der Waals surface area contributed by atoms with E-state index in [2.05, 4.69) is 20.9 Å². The summed E-state index contributed by atoms with van der Waals surface area (Å²) >= 11 is 3.14. The smallest absolute Gasteiger partial charge is 0.252 e. The number of nitriles is 1. The molecule has 14 heavy (non-hydrogen) atoms. The van der Waals surface area contributed by atoms with Gasteiger partial charge in [0.15, 0.2) is 0 Å². The maximum atomic E-state index is 12.3. The Morgan fingerprint density at radius 1 is 1.64 bits per heavy atom. The maximum Gasteiger partial charge on any atom is 0.280 e. The molecule has 5 heteroatoms. The normalized spacial score (nSPS) is 10.3. The summed E-state index contributed by atoms with van der Waals surface area (Å²) in [4.78, 5) is 3.72. The number of alkyl halides is 2. The predicted octanol–water partition coefficient (Wildman–Crippen LogP) is 3.16. The van der Waals surface area contributed by atoms with E-state index in [1.807, 2.05) is 6.07 Å². The minimum Gasteiger partial charge on any atom is -0.252 e. The van der Waals surface area contributed by atoms with Gasteiger partial charge in [-0.05, 0) is 13.0 Å². The molecule has 0 amide bonds. The molecule has 1 aromatic heterocycles. The van der Waals surface area contributed by atoms with Gasteiger partial charge in [-0.3, -0.25) is 4.98 Å². The van der Waals surface area contributed by atoms with Gasteiger partial charge in [-0.1, -0.05) is 15.9 Å². The molecule has 0 aliphatic heterocycles. The van der Waals surface area contributed by atoms with Gasteiger partial charge in [0, 0.05) is 15.7 Å². The van der Waals surface area contributed by atoms with E-state index in [0.717, 1.165) is 0 Å². The molecule has 0 spiro atoms. The van der Waals surface area contributed by atoms with Crippen molar-refractivity contribution in [3.8, 4) is 6.07 Å². The molecule has 0 fully saturated rings. The van der Waals surface area contributed by atoms with E-state index in [0.29, 0.717) is 15.7 Å². The van der Waals surface area contributed by atoms with Crippen molar-refractivity contribution >= 4 is 15.9 Å². The Morgan fingerprint density at radius 2 is 2.29 bits per heavy atom. The minimum atomic E-state index is -2.58. The topological polar surface area (TPSA) is 36.7 Å².